The third-order valence-electron chi connectivity index (χ3n) is 1.22. The number of esters is 1. The normalized spacial score (nSPS) is 9.27. The standard InChI is InChI=1S/C8H6BrO2/c1-11-8(10)6-4-2-3-5-7(6)9/h2-5H,1H2. The van der Waals surface area contributed by atoms with E-state index in [2.05, 4.69) is 27.8 Å². The molecule has 0 N–H and O–H groups in total. The first-order valence-electron chi connectivity index (χ1n) is 2.96. The summed E-state index contributed by atoms with van der Waals surface area (Å²) in [5.74, 6) is -0.433. The van der Waals surface area contributed by atoms with Gasteiger partial charge in [0.25, 0.3) is 0 Å². The van der Waals surface area contributed by atoms with Gasteiger partial charge in [-0.15, -0.1) is 0 Å². The maximum Gasteiger partial charge on any atom is 0.339 e. The van der Waals surface area contributed by atoms with Gasteiger partial charge in [0.05, 0.1) is 5.56 Å². The first-order chi connectivity index (χ1) is 5.25. The zero-order valence-electron chi connectivity index (χ0n) is 5.71. The van der Waals surface area contributed by atoms with Gasteiger partial charge in [0.2, 0.25) is 0 Å². The molecule has 0 spiro atoms. The van der Waals surface area contributed by atoms with Gasteiger partial charge >= 0.3 is 5.97 Å². The number of hydrogen-bond acceptors (Lipinski definition) is 2. The number of carbonyl (C=O) groups excluding carboxylic acids is 1. The van der Waals surface area contributed by atoms with Crippen LogP contribution in [-0.2, 0) is 4.74 Å². The van der Waals surface area contributed by atoms with Crippen molar-refractivity contribution in [2.75, 3.05) is 0 Å². The van der Waals surface area contributed by atoms with E-state index < -0.39 is 5.97 Å². The summed E-state index contributed by atoms with van der Waals surface area (Å²) in [5, 5.41) is 0. The van der Waals surface area contributed by atoms with Crippen LogP contribution >= 0.6 is 15.9 Å². The highest BCUT2D eigenvalue weighted by Gasteiger charge is 2.07. The van der Waals surface area contributed by atoms with E-state index >= 15 is 0 Å². The molecule has 0 unspecified atom stereocenters. The van der Waals surface area contributed by atoms with Crippen LogP contribution in [0.25, 0.3) is 0 Å². The minimum atomic E-state index is -0.433. The van der Waals surface area contributed by atoms with E-state index in [1.807, 2.05) is 6.07 Å². The molecular formula is C8H6BrO2. The zero-order valence-corrected chi connectivity index (χ0v) is 7.30. The van der Waals surface area contributed by atoms with Gasteiger partial charge in [-0.25, -0.2) is 4.79 Å². The van der Waals surface area contributed by atoms with E-state index in [4.69, 9.17) is 0 Å². The van der Waals surface area contributed by atoms with Gasteiger partial charge < -0.3 is 4.74 Å². The van der Waals surface area contributed by atoms with Crippen LogP contribution in [0.15, 0.2) is 28.7 Å². The van der Waals surface area contributed by atoms with Crippen molar-refractivity contribution in [1.82, 2.24) is 0 Å². The van der Waals surface area contributed by atoms with Crippen LogP contribution in [-0.4, -0.2) is 5.97 Å². The minimum Gasteiger partial charge on any atom is -0.458 e. The molecule has 0 bridgehead atoms. The molecule has 0 aliphatic carbocycles. The second kappa shape index (κ2) is 3.53. The van der Waals surface area contributed by atoms with Gasteiger partial charge in [-0.3, -0.25) is 0 Å². The Hall–Kier alpha value is -0.830. The lowest BCUT2D eigenvalue weighted by Crippen LogP contribution is -1.99. The Morgan fingerprint density at radius 2 is 2.09 bits per heavy atom. The van der Waals surface area contributed by atoms with Crippen molar-refractivity contribution >= 4 is 21.9 Å². The molecule has 0 saturated carbocycles. The van der Waals surface area contributed by atoms with Crippen molar-refractivity contribution in [2.45, 2.75) is 0 Å². The summed E-state index contributed by atoms with van der Waals surface area (Å²) in [6.45, 7) is 0. The molecule has 0 aliphatic heterocycles. The molecule has 0 atom stereocenters. The molecule has 0 saturated heterocycles. The molecule has 0 fully saturated rings. The van der Waals surface area contributed by atoms with Crippen LogP contribution in [0.2, 0.25) is 0 Å². The molecule has 0 heterocycles. The number of hydrogen-bond donors (Lipinski definition) is 0. The zero-order chi connectivity index (χ0) is 8.27. The van der Waals surface area contributed by atoms with Gasteiger partial charge in [0.1, 0.15) is 7.11 Å². The van der Waals surface area contributed by atoms with Crippen molar-refractivity contribution in [1.29, 1.82) is 0 Å². The molecule has 1 rings (SSSR count). The Balaban J connectivity index is 3.03. The minimum absolute atomic E-state index is 0.433. The second-order valence-electron chi connectivity index (χ2n) is 1.91. The van der Waals surface area contributed by atoms with Crippen LogP contribution in [0.5, 0.6) is 0 Å². The highest BCUT2D eigenvalue weighted by atomic mass is 79.9. The lowest BCUT2D eigenvalue weighted by atomic mass is 10.2. The topological polar surface area (TPSA) is 26.3 Å². The van der Waals surface area contributed by atoms with Crippen LogP contribution in [0.3, 0.4) is 0 Å². The number of benzene rings is 1. The Morgan fingerprint density at radius 1 is 1.45 bits per heavy atom. The Labute approximate surface area is 73.3 Å². The second-order valence-corrected chi connectivity index (χ2v) is 2.77. The highest BCUT2D eigenvalue weighted by Crippen LogP contribution is 2.16. The van der Waals surface area contributed by atoms with Crippen molar-refractivity contribution in [3.63, 3.8) is 0 Å². The smallest absolute Gasteiger partial charge is 0.339 e. The van der Waals surface area contributed by atoms with E-state index in [1.54, 1.807) is 18.2 Å². The first-order valence-corrected chi connectivity index (χ1v) is 3.76. The summed E-state index contributed by atoms with van der Waals surface area (Å²) in [5.41, 5.74) is 0.488. The number of ether oxygens (including phenoxy) is 1. The highest BCUT2D eigenvalue weighted by molar-refractivity contribution is 9.10. The summed E-state index contributed by atoms with van der Waals surface area (Å²) in [6.07, 6.45) is 0. The van der Waals surface area contributed by atoms with Gasteiger partial charge in [0, 0.05) is 4.47 Å². The van der Waals surface area contributed by atoms with Crippen molar-refractivity contribution in [3.05, 3.63) is 41.4 Å². The van der Waals surface area contributed by atoms with E-state index in [0.717, 1.165) is 0 Å². The molecule has 0 amide bonds. The fourth-order valence-corrected chi connectivity index (χ4v) is 1.15. The molecule has 11 heavy (non-hydrogen) atoms. The number of halogens is 1. The average molecular weight is 214 g/mol. The summed E-state index contributed by atoms with van der Waals surface area (Å²) >= 11 is 3.21. The number of rotatable bonds is 1. The largest absolute Gasteiger partial charge is 0.458 e. The van der Waals surface area contributed by atoms with Gasteiger partial charge in [-0.1, -0.05) is 12.1 Å². The van der Waals surface area contributed by atoms with Crippen molar-refractivity contribution < 1.29 is 9.53 Å². The predicted molar refractivity (Wildman–Crippen MR) is 44.9 cm³/mol. The van der Waals surface area contributed by atoms with Crippen LogP contribution in [0.4, 0.5) is 0 Å². The van der Waals surface area contributed by atoms with Gasteiger partial charge in [0.15, 0.2) is 0 Å². The molecule has 3 heteroatoms. The molecular weight excluding hydrogens is 208 g/mol. The summed E-state index contributed by atoms with van der Waals surface area (Å²) in [7, 11) is 3.03. The van der Waals surface area contributed by atoms with Crippen molar-refractivity contribution in [3.8, 4) is 0 Å². The van der Waals surface area contributed by atoms with Gasteiger partial charge in [-0.05, 0) is 28.1 Å². The van der Waals surface area contributed by atoms with E-state index in [0.29, 0.717) is 10.0 Å². The fraction of sp³-hybridized carbons (Fsp3) is 0. The molecule has 0 aliphatic rings. The predicted octanol–water partition coefficient (Wildman–Crippen LogP) is 2.40. The lowest BCUT2D eigenvalue weighted by molar-refractivity contribution is 0.0653. The number of carbonyl (C=O) groups is 1. The van der Waals surface area contributed by atoms with Gasteiger partial charge in [-0.2, -0.15) is 0 Å². The van der Waals surface area contributed by atoms with E-state index in [9.17, 15) is 4.79 Å². The summed E-state index contributed by atoms with van der Waals surface area (Å²) in [4.78, 5) is 10.9. The molecule has 1 aromatic rings. The first kappa shape index (κ1) is 8.27. The molecule has 0 aromatic heterocycles. The molecule has 2 nitrogen and oxygen atoms in total. The monoisotopic (exact) mass is 213 g/mol. The van der Waals surface area contributed by atoms with E-state index in [1.165, 1.54) is 0 Å². The van der Waals surface area contributed by atoms with Crippen LogP contribution in [0.1, 0.15) is 10.4 Å². The third-order valence-corrected chi connectivity index (χ3v) is 1.92. The van der Waals surface area contributed by atoms with Crippen LogP contribution < -0.4 is 0 Å². The summed E-state index contributed by atoms with van der Waals surface area (Å²) < 4.78 is 5.01. The molecule has 57 valence electrons. The maximum absolute atomic E-state index is 10.9. The third kappa shape index (κ3) is 1.80. The Bertz CT molecular complexity index is 271. The Morgan fingerprint density at radius 3 is 2.64 bits per heavy atom. The lowest BCUT2D eigenvalue weighted by Gasteiger charge is -1.99. The SMILES string of the molecule is [CH2]OC(=O)c1ccccc1Br. The quantitative estimate of drug-likeness (QED) is 0.671. The van der Waals surface area contributed by atoms with E-state index in [-0.39, 0.29) is 0 Å². The molecule has 1 aromatic carbocycles. The fourth-order valence-electron chi connectivity index (χ4n) is 0.705. The molecule has 1 radical (unpaired) electrons. The van der Waals surface area contributed by atoms with Crippen molar-refractivity contribution in [2.24, 2.45) is 0 Å². The average Bonchev–Trinajstić information content (AvgIpc) is 2.04. The Kier molecular flexibility index (Phi) is 2.65. The summed E-state index contributed by atoms with van der Waals surface area (Å²) in [6, 6.07) is 7.02. The maximum atomic E-state index is 10.9. The van der Waals surface area contributed by atoms with Crippen LogP contribution in [0, 0.1) is 7.11 Å².